The molecule has 0 saturated heterocycles. The summed E-state index contributed by atoms with van der Waals surface area (Å²) in [6.45, 7) is 3.73. The Labute approximate surface area is 78.0 Å². The molecule has 0 radical (unpaired) electrons. The molecule has 2 heteroatoms. The molecular formula is C10H13ClO. The van der Waals surface area contributed by atoms with E-state index < -0.39 is 5.60 Å². The van der Waals surface area contributed by atoms with Gasteiger partial charge in [-0.3, -0.25) is 0 Å². The van der Waals surface area contributed by atoms with E-state index in [1.807, 2.05) is 31.2 Å². The van der Waals surface area contributed by atoms with E-state index in [1.165, 1.54) is 5.56 Å². The summed E-state index contributed by atoms with van der Waals surface area (Å²) in [5.41, 5.74) is 1.14. The van der Waals surface area contributed by atoms with E-state index in [9.17, 15) is 5.11 Å². The van der Waals surface area contributed by atoms with Crippen molar-refractivity contribution in [3.8, 4) is 0 Å². The first-order chi connectivity index (χ1) is 5.56. The summed E-state index contributed by atoms with van der Waals surface area (Å²) in [6, 6.07) is 7.74. The van der Waals surface area contributed by atoms with Gasteiger partial charge in [0, 0.05) is 0 Å². The molecule has 1 atom stereocenters. The molecule has 1 unspecified atom stereocenters. The minimum Gasteiger partial charge on any atom is -0.384 e. The van der Waals surface area contributed by atoms with Crippen molar-refractivity contribution >= 4 is 11.6 Å². The highest BCUT2D eigenvalue weighted by atomic mass is 35.5. The highest BCUT2D eigenvalue weighted by Crippen LogP contribution is 2.21. The van der Waals surface area contributed by atoms with E-state index in [4.69, 9.17) is 11.6 Å². The number of alkyl halides is 1. The molecule has 1 aromatic carbocycles. The van der Waals surface area contributed by atoms with Crippen LogP contribution < -0.4 is 0 Å². The molecule has 0 aliphatic heterocycles. The van der Waals surface area contributed by atoms with Crippen LogP contribution in [0.3, 0.4) is 0 Å². The summed E-state index contributed by atoms with van der Waals surface area (Å²) in [7, 11) is 0. The number of aliphatic hydroxyl groups is 1. The number of aryl methyl sites for hydroxylation is 1. The van der Waals surface area contributed by atoms with Gasteiger partial charge in [-0.15, -0.1) is 11.6 Å². The Kier molecular flexibility index (Phi) is 2.76. The lowest BCUT2D eigenvalue weighted by atomic mass is 9.97. The Morgan fingerprint density at radius 2 is 1.83 bits per heavy atom. The summed E-state index contributed by atoms with van der Waals surface area (Å²) in [4.78, 5) is 0. The predicted octanol–water partition coefficient (Wildman–Crippen LogP) is 2.44. The molecule has 1 nitrogen and oxygen atoms in total. The van der Waals surface area contributed by atoms with Gasteiger partial charge in [0.15, 0.2) is 0 Å². The highest BCUT2D eigenvalue weighted by Gasteiger charge is 2.20. The van der Waals surface area contributed by atoms with Gasteiger partial charge in [0.2, 0.25) is 0 Å². The highest BCUT2D eigenvalue weighted by molar-refractivity contribution is 6.18. The number of rotatable bonds is 2. The van der Waals surface area contributed by atoms with Crippen molar-refractivity contribution in [3.05, 3.63) is 35.4 Å². The van der Waals surface area contributed by atoms with Gasteiger partial charge in [-0.1, -0.05) is 29.8 Å². The molecule has 0 aliphatic carbocycles. The van der Waals surface area contributed by atoms with E-state index in [2.05, 4.69) is 0 Å². The number of hydrogen-bond acceptors (Lipinski definition) is 1. The fourth-order valence-electron chi connectivity index (χ4n) is 0.990. The molecule has 0 bridgehead atoms. The van der Waals surface area contributed by atoms with Crippen LogP contribution in [-0.2, 0) is 5.60 Å². The van der Waals surface area contributed by atoms with Gasteiger partial charge in [-0.05, 0) is 19.4 Å². The average molecular weight is 185 g/mol. The minimum atomic E-state index is -0.907. The third-order valence-electron chi connectivity index (χ3n) is 1.93. The Balaban J connectivity index is 2.96. The molecule has 66 valence electrons. The largest absolute Gasteiger partial charge is 0.384 e. The van der Waals surface area contributed by atoms with Gasteiger partial charge in [-0.25, -0.2) is 0 Å². The molecule has 0 amide bonds. The van der Waals surface area contributed by atoms with Crippen LogP contribution in [-0.4, -0.2) is 11.0 Å². The SMILES string of the molecule is Cc1ccc(C(C)(O)CCl)cc1. The second-order valence-corrected chi connectivity index (χ2v) is 3.54. The van der Waals surface area contributed by atoms with Crippen LogP contribution in [0.5, 0.6) is 0 Å². The molecule has 0 fully saturated rings. The van der Waals surface area contributed by atoms with Crippen LogP contribution in [0.4, 0.5) is 0 Å². The van der Waals surface area contributed by atoms with Gasteiger partial charge in [-0.2, -0.15) is 0 Å². The monoisotopic (exact) mass is 184 g/mol. The van der Waals surface area contributed by atoms with Gasteiger partial charge >= 0.3 is 0 Å². The second-order valence-electron chi connectivity index (χ2n) is 3.27. The smallest absolute Gasteiger partial charge is 0.100 e. The zero-order valence-electron chi connectivity index (χ0n) is 7.34. The van der Waals surface area contributed by atoms with Crippen LogP contribution in [0.25, 0.3) is 0 Å². The Morgan fingerprint density at radius 1 is 1.33 bits per heavy atom. The molecule has 0 saturated carbocycles. The standard InChI is InChI=1S/C10H13ClO/c1-8-3-5-9(6-4-8)10(2,12)7-11/h3-6,12H,7H2,1-2H3. The first-order valence-corrected chi connectivity index (χ1v) is 4.45. The molecule has 0 heterocycles. The van der Waals surface area contributed by atoms with Crippen molar-refractivity contribution in [2.45, 2.75) is 19.4 Å². The summed E-state index contributed by atoms with van der Waals surface area (Å²) >= 11 is 5.62. The van der Waals surface area contributed by atoms with Crippen molar-refractivity contribution in [2.75, 3.05) is 5.88 Å². The van der Waals surface area contributed by atoms with E-state index in [-0.39, 0.29) is 5.88 Å². The average Bonchev–Trinajstić information content (AvgIpc) is 2.05. The molecule has 1 N–H and O–H groups in total. The fraction of sp³-hybridized carbons (Fsp3) is 0.400. The van der Waals surface area contributed by atoms with Crippen LogP contribution in [0.15, 0.2) is 24.3 Å². The van der Waals surface area contributed by atoms with Crippen molar-refractivity contribution < 1.29 is 5.11 Å². The molecule has 12 heavy (non-hydrogen) atoms. The summed E-state index contributed by atoms with van der Waals surface area (Å²) < 4.78 is 0. The van der Waals surface area contributed by atoms with Crippen molar-refractivity contribution in [3.63, 3.8) is 0 Å². The Morgan fingerprint density at radius 3 is 2.25 bits per heavy atom. The number of hydrogen-bond donors (Lipinski definition) is 1. The third-order valence-corrected chi connectivity index (χ3v) is 2.45. The molecule has 0 spiro atoms. The van der Waals surface area contributed by atoms with E-state index >= 15 is 0 Å². The molecule has 0 aromatic heterocycles. The quantitative estimate of drug-likeness (QED) is 0.701. The van der Waals surface area contributed by atoms with Crippen LogP contribution in [0.2, 0.25) is 0 Å². The van der Waals surface area contributed by atoms with Crippen molar-refractivity contribution in [1.29, 1.82) is 0 Å². The number of halogens is 1. The van der Waals surface area contributed by atoms with Crippen LogP contribution >= 0.6 is 11.6 Å². The maximum absolute atomic E-state index is 9.75. The molecule has 1 rings (SSSR count). The van der Waals surface area contributed by atoms with Gasteiger partial charge in [0.25, 0.3) is 0 Å². The van der Waals surface area contributed by atoms with Gasteiger partial charge in [0.1, 0.15) is 5.60 Å². The summed E-state index contributed by atoms with van der Waals surface area (Å²) in [5.74, 6) is 0.218. The van der Waals surface area contributed by atoms with E-state index in [0.29, 0.717) is 0 Å². The van der Waals surface area contributed by atoms with Gasteiger partial charge in [0.05, 0.1) is 5.88 Å². The lowest BCUT2D eigenvalue weighted by Gasteiger charge is -2.20. The topological polar surface area (TPSA) is 20.2 Å². The Bertz CT molecular complexity index is 251. The fourth-order valence-corrected chi connectivity index (χ4v) is 1.14. The lowest BCUT2D eigenvalue weighted by molar-refractivity contribution is 0.0824. The molecular weight excluding hydrogens is 172 g/mol. The van der Waals surface area contributed by atoms with Crippen LogP contribution in [0.1, 0.15) is 18.1 Å². The zero-order valence-corrected chi connectivity index (χ0v) is 8.10. The van der Waals surface area contributed by atoms with Crippen molar-refractivity contribution in [1.82, 2.24) is 0 Å². The van der Waals surface area contributed by atoms with Crippen molar-refractivity contribution in [2.24, 2.45) is 0 Å². The lowest BCUT2D eigenvalue weighted by Crippen LogP contribution is -2.22. The predicted molar refractivity (Wildman–Crippen MR) is 51.5 cm³/mol. The van der Waals surface area contributed by atoms with E-state index in [0.717, 1.165) is 5.56 Å². The normalized spacial score (nSPS) is 15.7. The minimum absolute atomic E-state index is 0.218. The van der Waals surface area contributed by atoms with Crippen LogP contribution in [0, 0.1) is 6.92 Å². The molecule has 0 aliphatic rings. The van der Waals surface area contributed by atoms with E-state index in [1.54, 1.807) is 6.92 Å². The third kappa shape index (κ3) is 1.99. The summed E-state index contributed by atoms with van der Waals surface area (Å²) in [5, 5.41) is 9.75. The van der Waals surface area contributed by atoms with Gasteiger partial charge < -0.3 is 5.11 Å². The Hall–Kier alpha value is -0.530. The first kappa shape index (κ1) is 9.56. The number of benzene rings is 1. The maximum Gasteiger partial charge on any atom is 0.100 e. The molecule has 1 aromatic rings. The first-order valence-electron chi connectivity index (χ1n) is 3.92. The second kappa shape index (κ2) is 3.46. The maximum atomic E-state index is 9.75. The zero-order chi connectivity index (χ0) is 9.19. The summed E-state index contributed by atoms with van der Waals surface area (Å²) in [6.07, 6.45) is 0.